The lowest BCUT2D eigenvalue weighted by atomic mass is 10.3. The lowest BCUT2D eigenvalue weighted by Crippen LogP contribution is -2.09. The largest absolute Gasteiger partial charge is 0.351 e. The molecule has 0 atom stereocenters. The summed E-state index contributed by atoms with van der Waals surface area (Å²) >= 11 is 0. The van der Waals surface area contributed by atoms with Crippen molar-refractivity contribution in [3.8, 4) is 0 Å². The smallest absolute Gasteiger partial charge is 0.0360 e. The van der Waals surface area contributed by atoms with Crippen LogP contribution in [0.15, 0.2) is 36.2 Å². The maximum atomic E-state index is 2.08. The monoisotopic (exact) mass is 121 g/mol. The molecule has 0 amide bonds. The Bertz CT molecular complexity index is 175. The van der Waals surface area contributed by atoms with E-state index in [4.69, 9.17) is 0 Å². The van der Waals surface area contributed by atoms with Gasteiger partial charge >= 0.3 is 0 Å². The van der Waals surface area contributed by atoms with Crippen LogP contribution < -0.4 is 0 Å². The van der Waals surface area contributed by atoms with Gasteiger partial charge in [-0.2, -0.15) is 0 Å². The molecule has 0 radical (unpaired) electrons. The number of allylic oxidation sites excluding steroid dienone is 4. The van der Waals surface area contributed by atoms with Crippen molar-refractivity contribution in [1.29, 1.82) is 0 Å². The van der Waals surface area contributed by atoms with Gasteiger partial charge in [0.05, 0.1) is 0 Å². The summed E-state index contributed by atoms with van der Waals surface area (Å²) in [7, 11) is 2.04. The minimum atomic E-state index is 1.25. The molecule has 48 valence electrons. The first-order valence-corrected chi connectivity index (χ1v) is 3.08. The quantitative estimate of drug-likeness (QED) is 0.473. The second-order valence-electron chi connectivity index (χ2n) is 2.03. The van der Waals surface area contributed by atoms with Crippen molar-refractivity contribution in [3.05, 3.63) is 36.2 Å². The molecule has 0 N–H and O–H groups in total. The number of likely N-dealkylation sites (N-methyl/N-ethyl adjacent to an activating group) is 1. The summed E-state index contributed by atoms with van der Waals surface area (Å²) in [6, 6.07) is 0. The normalized spacial score (nSPS) is 21.6. The van der Waals surface area contributed by atoms with Gasteiger partial charge in [-0.05, 0) is 19.1 Å². The average molecular weight is 121 g/mol. The summed E-state index contributed by atoms with van der Waals surface area (Å²) < 4.78 is 0. The van der Waals surface area contributed by atoms with Gasteiger partial charge in [0.25, 0.3) is 0 Å². The van der Waals surface area contributed by atoms with Crippen molar-refractivity contribution in [1.82, 2.24) is 4.90 Å². The summed E-state index contributed by atoms with van der Waals surface area (Å²) in [6.07, 6.45) is 10.3. The minimum Gasteiger partial charge on any atom is -0.351 e. The number of nitrogens with zero attached hydrogens (tertiary/aromatic N) is 1. The van der Waals surface area contributed by atoms with Crippen LogP contribution in [0.5, 0.6) is 0 Å². The van der Waals surface area contributed by atoms with E-state index in [0.717, 1.165) is 0 Å². The third kappa shape index (κ3) is 1.22. The van der Waals surface area contributed by atoms with Gasteiger partial charge in [-0.3, -0.25) is 0 Å². The Labute approximate surface area is 56.0 Å². The van der Waals surface area contributed by atoms with E-state index in [0.29, 0.717) is 0 Å². The lowest BCUT2D eigenvalue weighted by Gasteiger charge is -2.16. The summed E-state index contributed by atoms with van der Waals surface area (Å²) in [5.41, 5.74) is 1.25. The van der Waals surface area contributed by atoms with Crippen LogP contribution in [-0.4, -0.2) is 11.9 Å². The van der Waals surface area contributed by atoms with E-state index in [-0.39, 0.29) is 0 Å². The first-order chi connectivity index (χ1) is 4.34. The van der Waals surface area contributed by atoms with Crippen LogP contribution in [0.3, 0.4) is 0 Å². The Morgan fingerprint density at radius 2 is 2.22 bits per heavy atom. The molecule has 1 aliphatic heterocycles. The highest BCUT2D eigenvalue weighted by molar-refractivity contribution is 5.26. The van der Waals surface area contributed by atoms with Crippen LogP contribution in [0.1, 0.15) is 6.92 Å². The van der Waals surface area contributed by atoms with Gasteiger partial charge in [0.1, 0.15) is 0 Å². The van der Waals surface area contributed by atoms with Crippen molar-refractivity contribution in [3.63, 3.8) is 0 Å². The van der Waals surface area contributed by atoms with Gasteiger partial charge in [-0.15, -0.1) is 0 Å². The molecular weight excluding hydrogens is 110 g/mol. The van der Waals surface area contributed by atoms with Crippen LogP contribution in [0, 0.1) is 0 Å². The van der Waals surface area contributed by atoms with Crippen LogP contribution in [0.25, 0.3) is 0 Å². The van der Waals surface area contributed by atoms with E-state index in [1.165, 1.54) is 5.70 Å². The van der Waals surface area contributed by atoms with Gasteiger partial charge in [-0.1, -0.05) is 12.2 Å². The highest BCUT2D eigenvalue weighted by Gasteiger charge is 1.95. The molecule has 0 aromatic carbocycles. The molecule has 0 unspecified atom stereocenters. The van der Waals surface area contributed by atoms with Crippen LogP contribution in [-0.2, 0) is 0 Å². The fourth-order valence-electron chi connectivity index (χ4n) is 0.836. The first kappa shape index (κ1) is 6.14. The van der Waals surface area contributed by atoms with Crippen LogP contribution in [0.4, 0.5) is 0 Å². The molecule has 1 aliphatic rings. The van der Waals surface area contributed by atoms with Crippen molar-refractivity contribution in [2.45, 2.75) is 6.92 Å². The molecule has 0 fully saturated rings. The Morgan fingerprint density at radius 1 is 1.44 bits per heavy atom. The Morgan fingerprint density at radius 3 is 2.67 bits per heavy atom. The van der Waals surface area contributed by atoms with Crippen molar-refractivity contribution in [2.24, 2.45) is 0 Å². The molecule has 9 heavy (non-hydrogen) atoms. The molecule has 0 saturated heterocycles. The van der Waals surface area contributed by atoms with Crippen LogP contribution >= 0.6 is 0 Å². The number of hydrogen-bond acceptors (Lipinski definition) is 1. The van der Waals surface area contributed by atoms with E-state index in [1.54, 1.807) is 0 Å². The first-order valence-electron chi connectivity index (χ1n) is 3.08. The average Bonchev–Trinajstić information content (AvgIpc) is 1.89. The molecule has 0 aliphatic carbocycles. The number of rotatable bonds is 0. The SMILES string of the molecule is CC=C1C=CC=CN1C. The third-order valence-electron chi connectivity index (χ3n) is 1.39. The molecule has 0 saturated carbocycles. The van der Waals surface area contributed by atoms with Crippen molar-refractivity contribution >= 4 is 0 Å². The zero-order valence-electron chi connectivity index (χ0n) is 5.83. The van der Waals surface area contributed by atoms with E-state index < -0.39 is 0 Å². The van der Waals surface area contributed by atoms with Gasteiger partial charge in [0.15, 0.2) is 0 Å². The van der Waals surface area contributed by atoms with Crippen LogP contribution in [0.2, 0.25) is 0 Å². The Hall–Kier alpha value is -0.980. The zero-order chi connectivity index (χ0) is 6.69. The molecular formula is C8H11N. The second kappa shape index (κ2) is 2.53. The van der Waals surface area contributed by atoms with Gasteiger partial charge < -0.3 is 4.90 Å². The molecule has 1 nitrogen and oxygen atoms in total. The van der Waals surface area contributed by atoms with Crippen molar-refractivity contribution < 1.29 is 0 Å². The summed E-state index contributed by atoms with van der Waals surface area (Å²) in [5.74, 6) is 0. The highest BCUT2D eigenvalue weighted by Crippen LogP contribution is 2.07. The van der Waals surface area contributed by atoms with Crippen molar-refractivity contribution in [2.75, 3.05) is 7.05 Å². The standard InChI is InChI=1S/C8H11N/c1-3-8-6-4-5-7-9(8)2/h3-7H,1-2H3. The fourth-order valence-corrected chi connectivity index (χ4v) is 0.836. The summed E-state index contributed by atoms with van der Waals surface area (Å²) in [5, 5.41) is 0. The number of hydrogen-bond donors (Lipinski definition) is 0. The lowest BCUT2D eigenvalue weighted by molar-refractivity contribution is 0.582. The predicted molar refractivity (Wildman–Crippen MR) is 39.8 cm³/mol. The van der Waals surface area contributed by atoms with E-state index in [9.17, 15) is 0 Å². The fraction of sp³-hybridized carbons (Fsp3) is 0.250. The van der Waals surface area contributed by atoms with E-state index >= 15 is 0 Å². The zero-order valence-corrected chi connectivity index (χ0v) is 5.83. The molecule has 0 aromatic heterocycles. The van der Waals surface area contributed by atoms with Gasteiger partial charge in [0.2, 0.25) is 0 Å². The van der Waals surface area contributed by atoms with E-state index in [1.807, 2.05) is 32.3 Å². The summed E-state index contributed by atoms with van der Waals surface area (Å²) in [4.78, 5) is 2.08. The third-order valence-corrected chi connectivity index (χ3v) is 1.39. The maximum absolute atomic E-state index is 2.08. The molecule has 1 heteroatoms. The highest BCUT2D eigenvalue weighted by atomic mass is 15.1. The topological polar surface area (TPSA) is 3.24 Å². The second-order valence-corrected chi connectivity index (χ2v) is 2.03. The van der Waals surface area contributed by atoms with Gasteiger partial charge in [-0.25, -0.2) is 0 Å². The molecule has 1 heterocycles. The van der Waals surface area contributed by atoms with Gasteiger partial charge in [0, 0.05) is 18.9 Å². The Balaban J connectivity index is 2.78. The summed E-state index contributed by atoms with van der Waals surface area (Å²) in [6.45, 7) is 2.04. The maximum Gasteiger partial charge on any atom is 0.0360 e. The molecule has 0 aromatic rings. The Kier molecular flexibility index (Phi) is 1.73. The molecule has 1 rings (SSSR count). The molecule has 0 spiro atoms. The minimum absolute atomic E-state index is 1.25. The molecule has 0 bridgehead atoms. The van der Waals surface area contributed by atoms with E-state index in [2.05, 4.69) is 17.1 Å². The predicted octanol–water partition coefficient (Wildman–Crippen LogP) is 1.91.